The van der Waals surface area contributed by atoms with Crippen LogP contribution in [0, 0.1) is 0 Å². The van der Waals surface area contributed by atoms with E-state index in [1.54, 1.807) is 48.8 Å². The maximum absolute atomic E-state index is 13.7. The number of hydrogen-bond acceptors (Lipinski definition) is 7. The molecule has 0 aliphatic carbocycles. The smallest absolute Gasteiger partial charge is 0.243 e. The van der Waals surface area contributed by atoms with Gasteiger partial charge in [0.1, 0.15) is 18.0 Å². The van der Waals surface area contributed by atoms with E-state index in [1.807, 2.05) is 22.8 Å². The maximum Gasteiger partial charge on any atom is 0.243 e. The molecule has 0 atom stereocenters. The fourth-order valence-corrected chi connectivity index (χ4v) is 7.08. The van der Waals surface area contributed by atoms with Crippen molar-refractivity contribution in [2.75, 3.05) is 45.9 Å². The van der Waals surface area contributed by atoms with Crippen LogP contribution in [0.5, 0.6) is 11.5 Å². The van der Waals surface area contributed by atoms with E-state index in [0.717, 1.165) is 61.4 Å². The molecule has 220 valence electrons. The van der Waals surface area contributed by atoms with Crippen molar-refractivity contribution in [3.05, 3.63) is 84.3 Å². The van der Waals surface area contributed by atoms with Gasteiger partial charge in [0.15, 0.2) is 0 Å². The fourth-order valence-electron chi connectivity index (χ4n) is 5.68. The van der Waals surface area contributed by atoms with Gasteiger partial charge in [-0.25, -0.2) is 8.42 Å². The van der Waals surface area contributed by atoms with Crippen LogP contribution in [0.25, 0.3) is 10.9 Å². The zero-order valence-corrected chi connectivity index (χ0v) is 24.3. The number of aromatic nitrogens is 2. The molecule has 1 saturated heterocycles. The van der Waals surface area contributed by atoms with E-state index >= 15 is 0 Å². The van der Waals surface area contributed by atoms with Crippen LogP contribution < -0.4 is 10.1 Å². The highest BCUT2D eigenvalue weighted by molar-refractivity contribution is 7.89. The van der Waals surface area contributed by atoms with Crippen molar-refractivity contribution in [2.24, 2.45) is 0 Å². The number of nitrogens with one attached hydrogen (secondary N) is 1. The van der Waals surface area contributed by atoms with Crippen LogP contribution in [0.15, 0.2) is 78.0 Å². The van der Waals surface area contributed by atoms with Gasteiger partial charge in [-0.15, -0.1) is 0 Å². The van der Waals surface area contributed by atoms with Gasteiger partial charge in [0.2, 0.25) is 15.9 Å². The molecular weight excluding hydrogens is 554 g/mol. The molecule has 1 amide bonds. The first-order valence-electron chi connectivity index (χ1n) is 14.3. The number of carbonyl (C=O) groups excluding carboxylic acids is 1. The molecule has 1 N–H and O–H groups in total. The Labute approximate surface area is 245 Å². The van der Waals surface area contributed by atoms with Gasteiger partial charge < -0.3 is 19.4 Å². The molecule has 10 nitrogen and oxygen atoms in total. The largest absolute Gasteiger partial charge is 0.457 e. The van der Waals surface area contributed by atoms with Crippen molar-refractivity contribution in [3.63, 3.8) is 0 Å². The Hall–Kier alpha value is -3.77. The van der Waals surface area contributed by atoms with Crippen LogP contribution in [0.3, 0.4) is 0 Å². The van der Waals surface area contributed by atoms with E-state index < -0.39 is 10.0 Å². The number of sulfonamides is 1. The summed E-state index contributed by atoms with van der Waals surface area (Å²) < 4.78 is 42.1. The Morgan fingerprint density at radius 2 is 1.69 bits per heavy atom. The first-order chi connectivity index (χ1) is 20.5. The number of fused-ring (bicyclic) bond motifs is 3. The third kappa shape index (κ3) is 6.19. The monoisotopic (exact) mass is 589 g/mol. The van der Waals surface area contributed by atoms with Gasteiger partial charge in [-0.2, -0.15) is 4.31 Å². The predicted molar refractivity (Wildman–Crippen MR) is 159 cm³/mol. The minimum atomic E-state index is -3.77. The van der Waals surface area contributed by atoms with E-state index in [0.29, 0.717) is 31.0 Å². The van der Waals surface area contributed by atoms with Crippen LogP contribution in [-0.2, 0) is 39.1 Å². The zero-order valence-electron chi connectivity index (χ0n) is 23.4. The van der Waals surface area contributed by atoms with Crippen molar-refractivity contribution < 1.29 is 22.7 Å². The molecule has 2 aromatic carbocycles. The molecule has 0 unspecified atom stereocenters. The second kappa shape index (κ2) is 12.6. The minimum absolute atomic E-state index is 0.0784. The van der Waals surface area contributed by atoms with Gasteiger partial charge in [-0.3, -0.25) is 14.7 Å². The number of pyridine rings is 1. The van der Waals surface area contributed by atoms with Crippen molar-refractivity contribution in [1.82, 2.24) is 24.1 Å². The number of ether oxygens (including phenoxy) is 2. The van der Waals surface area contributed by atoms with Gasteiger partial charge in [-0.1, -0.05) is 18.2 Å². The molecule has 6 rings (SSSR count). The Balaban J connectivity index is 1.15. The van der Waals surface area contributed by atoms with Crippen LogP contribution in [-0.4, -0.2) is 79.0 Å². The molecule has 1 fully saturated rings. The lowest BCUT2D eigenvalue weighted by Gasteiger charge is -2.28. The number of morpholine rings is 1. The second-order valence-electron chi connectivity index (χ2n) is 10.5. The number of hydrogen-bond donors (Lipinski definition) is 1. The summed E-state index contributed by atoms with van der Waals surface area (Å²) >= 11 is 0. The highest BCUT2D eigenvalue weighted by Crippen LogP contribution is 2.33. The van der Waals surface area contributed by atoms with Crippen molar-refractivity contribution >= 4 is 26.8 Å². The maximum atomic E-state index is 13.7. The van der Waals surface area contributed by atoms with Crippen LogP contribution in [0.1, 0.15) is 17.7 Å². The molecule has 4 heterocycles. The van der Waals surface area contributed by atoms with Crippen LogP contribution in [0.2, 0.25) is 0 Å². The highest BCUT2D eigenvalue weighted by atomic mass is 32.2. The first-order valence-corrected chi connectivity index (χ1v) is 15.8. The van der Waals surface area contributed by atoms with Crippen molar-refractivity contribution in [1.29, 1.82) is 0 Å². The van der Waals surface area contributed by atoms with Gasteiger partial charge in [0.05, 0.1) is 24.7 Å². The number of para-hydroxylation sites is 1. The van der Waals surface area contributed by atoms with E-state index in [2.05, 4.69) is 21.3 Å². The Morgan fingerprint density at radius 1 is 0.952 bits per heavy atom. The SMILES string of the molecule is O=C(Cn1c2c(c3ccccc31)CCN(S(=O)(=O)c1ccc(Oc3ccncc3)cc1)C2)NCCCN1CCOCC1. The molecule has 4 aromatic rings. The standard InChI is InChI=1S/C31H35N5O5S/c37-31(33-13-3-16-34-18-20-40-21-19-34)23-36-29-5-2-1-4-27(29)28-12-17-35(22-30(28)36)42(38,39)26-8-6-24(7-9-26)41-25-10-14-32-15-11-25/h1-2,4-11,14-15H,3,12-13,16-23H2,(H,33,37). The average molecular weight is 590 g/mol. The number of carbonyl (C=O) groups is 1. The number of benzene rings is 2. The topological polar surface area (TPSA) is 106 Å². The summed E-state index contributed by atoms with van der Waals surface area (Å²) in [5.74, 6) is 1.08. The number of nitrogens with zero attached hydrogens (tertiary/aromatic N) is 4. The quantitative estimate of drug-likeness (QED) is 0.283. The molecule has 0 saturated carbocycles. The summed E-state index contributed by atoms with van der Waals surface area (Å²) in [6.45, 7) is 5.61. The number of rotatable bonds is 10. The van der Waals surface area contributed by atoms with E-state index in [-0.39, 0.29) is 23.9 Å². The lowest BCUT2D eigenvalue weighted by molar-refractivity contribution is -0.121. The van der Waals surface area contributed by atoms with Crippen LogP contribution in [0.4, 0.5) is 0 Å². The molecule has 2 aliphatic rings. The summed E-state index contributed by atoms with van der Waals surface area (Å²) in [6, 6.07) is 17.9. The van der Waals surface area contributed by atoms with Gasteiger partial charge >= 0.3 is 0 Å². The van der Waals surface area contributed by atoms with Gasteiger partial charge in [0, 0.05) is 55.2 Å². The Morgan fingerprint density at radius 3 is 2.48 bits per heavy atom. The van der Waals surface area contributed by atoms with Crippen molar-refractivity contribution in [3.8, 4) is 11.5 Å². The normalized spacial score (nSPS) is 16.3. The molecule has 0 bridgehead atoms. The first kappa shape index (κ1) is 28.4. The van der Waals surface area contributed by atoms with E-state index in [9.17, 15) is 13.2 Å². The zero-order chi connectivity index (χ0) is 28.9. The lowest BCUT2D eigenvalue weighted by atomic mass is 10.0. The molecular formula is C31H35N5O5S. The summed E-state index contributed by atoms with van der Waals surface area (Å²) in [6.07, 6.45) is 4.71. The summed E-state index contributed by atoms with van der Waals surface area (Å²) in [7, 11) is -3.77. The molecule has 42 heavy (non-hydrogen) atoms. The lowest BCUT2D eigenvalue weighted by Crippen LogP contribution is -2.39. The molecule has 2 aliphatic heterocycles. The van der Waals surface area contributed by atoms with Crippen molar-refractivity contribution in [2.45, 2.75) is 30.8 Å². The summed E-state index contributed by atoms with van der Waals surface area (Å²) in [5.41, 5.74) is 2.92. The highest BCUT2D eigenvalue weighted by Gasteiger charge is 2.32. The molecule has 2 aromatic heterocycles. The van der Waals surface area contributed by atoms with E-state index in [1.165, 1.54) is 4.31 Å². The summed E-state index contributed by atoms with van der Waals surface area (Å²) in [5, 5.41) is 4.13. The fraction of sp³-hybridized carbons (Fsp3) is 0.355. The molecule has 0 radical (unpaired) electrons. The second-order valence-corrected chi connectivity index (χ2v) is 12.5. The van der Waals surface area contributed by atoms with Crippen LogP contribution >= 0.6 is 0 Å². The Kier molecular flexibility index (Phi) is 8.52. The van der Waals surface area contributed by atoms with Gasteiger partial charge in [0.25, 0.3) is 0 Å². The summed E-state index contributed by atoms with van der Waals surface area (Å²) in [4.78, 5) is 19.6. The van der Waals surface area contributed by atoms with E-state index in [4.69, 9.17) is 9.47 Å². The van der Waals surface area contributed by atoms with Gasteiger partial charge in [-0.05, 0) is 67.4 Å². The third-order valence-electron chi connectivity index (χ3n) is 7.86. The average Bonchev–Trinajstić information content (AvgIpc) is 3.33. The predicted octanol–water partition coefficient (Wildman–Crippen LogP) is 3.41. The number of amides is 1. The Bertz CT molecular complexity index is 1630. The third-order valence-corrected chi connectivity index (χ3v) is 9.72. The molecule has 11 heteroatoms. The minimum Gasteiger partial charge on any atom is -0.457 e. The molecule has 0 spiro atoms.